The number of ether oxygens (including phenoxy) is 1. The van der Waals surface area contributed by atoms with Gasteiger partial charge in [-0.15, -0.1) is 0 Å². The van der Waals surface area contributed by atoms with E-state index in [1.807, 2.05) is 6.92 Å². The second-order valence-corrected chi connectivity index (χ2v) is 5.00. The van der Waals surface area contributed by atoms with E-state index in [0.29, 0.717) is 17.8 Å². The number of rotatable bonds is 8. The zero-order valence-electron chi connectivity index (χ0n) is 13.2. The Labute approximate surface area is 126 Å². The molecule has 1 unspecified atom stereocenters. The maximum atomic E-state index is 5.61. The first-order valence-electron chi connectivity index (χ1n) is 7.87. The van der Waals surface area contributed by atoms with Crippen LogP contribution in [0.2, 0.25) is 0 Å². The van der Waals surface area contributed by atoms with Crippen LogP contribution in [0, 0.1) is 0 Å². The predicted octanol–water partition coefficient (Wildman–Crippen LogP) is 1.74. The quantitative estimate of drug-likeness (QED) is 0.756. The Hall–Kier alpha value is -1.63. The number of anilines is 3. The maximum Gasteiger partial charge on any atom is 0.231 e. The van der Waals surface area contributed by atoms with Crippen LogP contribution in [0.1, 0.15) is 33.6 Å². The van der Waals surface area contributed by atoms with Crippen molar-refractivity contribution in [2.75, 3.05) is 48.3 Å². The van der Waals surface area contributed by atoms with Crippen molar-refractivity contribution in [1.82, 2.24) is 15.0 Å². The van der Waals surface area contributed by atoms with E-state index < -0.39 is 0 Å². The number of nitrogens with zero attached hydrogens (tertiary/aromatic N) is 4. The zero-order chi connectivity index (χ0) is 15.1. The molecule has 0 saturated carbocycles. The van der Waals surface area contributed by atoms with Gasteiger partial charge in [-0.05, 0) is 33.6 Å². The van der Waals surface area contributed by atoms with Crippen LogP contribution in [0.25, 0.3) is 0 Å². The number of nitrogens with one attached hydrogen (secondary N) is 2. The second kappa shape index (κ2) is 7.97. The Kier molecular flexibility index (Phi) is 5.98. The van der Waals surface area contributed by atoms with Crippen LogP contribution in [0.3, 0.4) is 0 Å². The van der Waals surface area contributed by atoms with Crippen molar-refractivity contribution in [2.45, 2.75) is 39.7 Å². The molecule has 0 aromatic carbocycles. The second-order valence-electron chi connectivity index (χ2n) is 5.00. The lowest BCUT2D eigenvalue weighted by Gasteiger charge is -2.20. The normalized spacial score (nSPS) is 17.8. The van der Waals surface area contributed by atoms with E-state index in [0.717, 1.165) is 45.6 Å². The summed E-state index contributed by atoms with van der Waals surface area (Å²) in [5.41, 5.74) is 0. The van der Waals surface area contributed by atoms with Crippen LogP contribution in [-0.2, 0) is 4.74 Å². The summed E-state index contributed by atoms with van der Waals surface area (Å²) in [6.07, 6.45) is 2.50. The molecule has 7 heteroatoms. The third kappa shape index (κ3) is 4.42. The van der Waals surface area contributed by atoms with Gasteiger partial charge in [-0.3, -0.25) is 0 Å². The summed E-state index contributed by atoms with van der Waals surface area (Å²) < 4.78 is 5.61. The third-order valence-corrected chi connectivity index (χ3v) is 3.52. The summed E-state index contributed by atoms with van der Waals surface area (Å²) in [7, 11) is 0. The van der Waals surface area contributed by atoms with Gasteiger partial charge in [0.25, 0.3) is 0 Å². The molecule has 2 rings (SSSR count). The molecule has 2 N–H and O–H groups in total. The average molecular weight is 294 g/mol. The van der Waals surface area contributed by atoms with Gasteiger partial charge in [0, 0.05) is 32.8 Å². The van der Waals surface area contributed by atoms with Crippen molar-refractivity contribution < 1.29 is 4.74 Å². The van der Waals surface area contributed by atoms with E-state index >= 15 is 0 Å². The summed E-state index contributed by atoms with van der Waals surface area (Å²) >= 11 is 0. The first-order valence-corrected chi connectivity index (χ1v) is 7.87. The summed E-state index contributed by atoms with van der Waals surface area (Å²) in [6.45, 7) is 10.4. The summed E-state index contributed by atoms with van der Waals surface area (Å²) in [5, 5.41) is 6.43. The molecule has 1 atom stereocenters. The smallest absolute Gasteiger partial charge is 0.231 e. The van der Waals surface area contributed by atoms with E-state index in [1.165, 1.54) is 0 Å². The van der Waals surface area contributed by atoms with Gasteiger partial charge < -0.3 is 20.3 Å². The van der Waals surface area contributed by atoms with Crippen molar-refractivity contribution in [2.24, 2.45) is 0 Å². The highest BCUT2D eigenvalue weighted by molar-refractivity contribution is 5.43. The Bertz CT molecular complexity index is 431. The molecule has 21 heavy (non-hydrogen) atoms. The minimum Gasteiger partial charge on any atom is -0.376 e. The molecule has 0 aliphatic carbocycles. The largest absolute Gasteiger partial charge is 0.376 e. The Balaban J connectivity index is 2.09. The van der Waals surface area contributed by atoms with Gasteiger partial charge in [-0.25, -0.2) is 0 Å². The molecule has 2 heterocycles. The monoisotopic (exact) mass is 294 g/mol. The highest BCUT2D eigenvalue weighted by atomic mass is 16.5. The maximum absolute atomic E-state index is 5.61. The number of hydrogen-bond donors (Lipinski definition) is 2. The molecule has 1 aliphatic rings. The van der Waals surface area contributed by atoms with Crippen LogP contribution in [0.15, 0.2) is 0 Å². The van der Waals surface area contributed by atoms with Crippen LogP contribution in [0.4, 0.5) is 17.8 Å². The lowest BCUT2D eigenvalue weighted by molar-refractivity contribution is 0.120. The van der Waals surface area contributed by atoms with E-state index in [1.54, 1.807) is 0 Å². The van der Waals surface area contributed by atoms with E-state index in [9.17, 15) is 0 Å². The van der Waals surface area contributed by atoms with Gasteiger partial charge in [-0.1, -0.05) is 0 Å². The fourth-order valence-electron chi connectivity index (χ4n) is 2.34. The molecule has 118 valence electrons. The predicted molar refractivity (Wildman–Crippen MR) is 85.0 cm³/mol. The Morgan fingerprint density at radius 2 is 1.81 bits per heavy atom. The van der Waals surface area contributed by atoms with Crippen molar-refractivity contribution in [3.8, 4) is 0 Å². The molecule has 0 amide bonds. The molecule has 0 radical (unpaired) electrons. The minimum atomic E-state index is 0.265. The van der Waals surface area contributed by atoms with E-state index in [4.69, 9.17) is 4.74 Å². The summed E-state index contributed by atoms with van der Waals surface area (Å²) in [6, 6.07) is 0. The van der Waals surface area contributed by atoms with E-state index in [-0.39, 0.29) is 6.10 Å². The van der Waals surface area contributed by atoms with Crippen molar-refractivity contribution >= 4 is 17.8 Å². The molecule has 0 bridgehead atoms. The molecule has 7 nitrogen and oxygen atoms in total. The highest BCUT2D eigenvalue weighted by Crippen LogP contribution is 2.15. The van der Waals surface area contributed by atoms with Gasteiger partial charge in [0.1, 0.15) is 0 Å². The topological polar surface area (TPSA) is 75.2 Å². The lowest BCUT2D eigenvalue weighted by atomic mass is 10.2. The molecular weight excluding hydrogens is 268 g/mol. The summed E-state index contributed by atoms with van der Waals surface area (Å²) in [5.74, 6) is 1.93. The SMILES string of the molecule is CCNc1nc(NCC2CCCO2)nc(N(CC)CC)n1. The molecule has 1 aromatic rings. The van der Waals surface area contributed by atoms with Crippen LogP contribution in [-0.4, -0.2) is 53.8 Å². The Morgan fingerprint density at radius 3 is 2.38 bits per heavy atom. The molecule has 1 aliphatic heterocycles. The Morgan fingerprint density at radius 1 is 1.10 bits per heavy atom. The van der Waals surface area contributed by atoms with Gasteiger partial charge in [0.2, 0.25) is 17.8 Å². The average Bonchev–Trinajstić information content (AvgIpc) is 3.00. The first-order chi connectivity index (χ1) is 10.3. The van der Waals surface area contributed by atoms with Gasteiger partial charge in [-0.2, -0.15) is 15.0 Å². The lowest BCUT2D eigenvalue weighted by Crippen LogP contribution is -2.26. The molecule has 0 spiro atoms. The molecule has 1 saturated heterocycles. The van der Waals surface area contributed by atoms with Crippen molar-refractivity contribution in [1.29, 1.82) is 0 Å². The van der Waals surface area contributed by atoms with Crippen LogP contribution < -0.4 is 15.5 Å². The third-order valence-electron chi connectivity index (χ3n) is 3.52. The van der Waals surface area contributed by atoms with Gasteiger partial charge in [0.05, 0.1) is 6.10 Å². The summed E-state index contributed by atoms with van der Waals surface area (Å²) in [4.78, 5) is 15.5. The standard InChI is InChI=1S/C14H26N6O/c1-4-15-12-17-13(16-10-11-8-7-9-21-11)19-14(18-12)20(5-2)6-3/h11H,4-10H2,1-3H3,(H2,15,16,17,18,19). The molecule has 1 aromatic heterocycles. The fourth-order valence-corrected chi connectivity index (χ4v) is 2.34. The first kappa shape index (κ1) is 15.8. The zero-order valence-corrected chi connectivity index (χ0v) is 13.2. The van der Waals surface area contributed by atoms with Crippen molar-refractivity contribution in [3.05, 3.63) is 0 Å². The van der Waals surface area contributed by atoms with Gasteiger partial charge in [0.15, 0.2) is 0 Å². The van der Waals surface area contributed by atoms with Crippen molar-refractivity contribution in [3.63, 3.8) is 0 Å². The molecule has 1 fully saturated rings. The number of hydrogen-bond acceptors (Lipinski definition) is 7. The van der Waals surface area contributed by atoms with Crippen LogP contribution in [0.5, 0.6) is 0 Å². The molecular formula is C14H26N6O. The number of aromatic nitrogens is 3. The fraction of sp³-hybridized carbons (Fsp3) is 0.786. The minimum absolute atomic E-state index is 0.265. The van der Waals surface area contributed by atoms with Crippen LogP contribution >= 0.6 is 0 Å². The van der Waals surface area contributed by atoms with Gasteiger partial charge >= 0.3 is 0 Å². The van der Waals surface area contributed by atoms with E-state index in [2.05, 4.69) is 44.3 Å². The highest BCUT2D eigenvalue weighted by Gasteiger charge is 2.16.